The van der Waals surface area contributed by atoms with E-state index in [-0.39, 0.29) is 28.7 Å². The van der Waals surface area contributed by atoms with Crippen LogP contribution in [0.3, 0.4) is 0 Å². The van der Waals surface area contributed by atoms with Crippen LogP contribution in [0.25, 0.3) is 0 Å². The average molecular weight is 435 g/mol. The maximum Gasteiger partial charge on any atom is 0.341 e. The molecule has 30 heavy (non-hydrogen) atoms. The molecule has 2 aromatic heterocycles. The Morgan fingerprint density at radius 2 is 1.83 bits per heavy atom. The fourth-order valence-corrected chi connectivity index (χ4v) is 5.08. The molecule has 0 spiro atoms. The number of carbonyl (C=O) groups excluding carboxylic acids is 2. The van der Waals surface area contributed by atoms with E-state index in [1.807, 2.05) is 0 Å². The monoisotopic (exact) mass is 434 g/mol. The van der Waals surface area contributed by atoms with Crippen LogP contribution in [0, 0.1) is 0 Å². The molecule has 0 saturated heterocycles. The average Bonchev–Trinajstić information content (AvgIpc) is 3.03. The molecule has 2 aromatic rings. The zero-order valence-electron chi connectivity index (χ0n) is 18.1. The van der Waals surface area contributed by atoms with Gasteiger partial charge in [-0.3, -0.25) is 4.79 Å². The van der Waals surface area contributed by atoms with Gasteiger partial charge in [-0.1, -0.05) is 0 Å². The second-order valence-corrected chi connectivity index (χ2v) is 9.17. The second-order valence-electron chi connectivity index (χ2n) is 8.15. The second kappa shape index (κ2) is 7.84. The van der Waals surface area contributed by atoms with Crippen molar-refractivity contribution in [2.24, 2.45) is 0 Å². The van der Waals surface area contributed by atoms with Gasteiger partial charge in [-0.2, -0.15) is 9.97 Å². The van der Waals surface area contributed by atoms with Crippen LogP contribution in [0.5, 0.6) is 11.9 Å². The largest absolute Gasteiger partial charge is 0.481 e. The number of hydrogen-bond donors (Lipinski definition) is 2. The first kappa shape index (κ1) is 22.0. The first-order chi connectivity index (χ1) is 14.0. The van der Waals surface area contributed by atoms with E-state index in [2.05, 4.69) is 48.3 Å². The summed E-state index contributed by atoms with van der Waals surface area (Å²) in [4.78, 5) is 34.6. The number of fused-ring (bicyclic) bond motifs is 1. The lowest BCUT2D eigenvalue weighted by Gasteiger charge is -2.42. The summed E-state index contributed by atoms with van der Waals surface area (Å²) in [6, 6.07) is 1.41. The molecule has 0 radical (unpaired) electrons. The van der Waals surface area contributed by atoms with Crippen LogP contribution in [0.4, 0.5) is 5.00 Å². The van der Waals surface area contributed by atoms with Gasteiger partial charge in [0.2, 0.25) is 5.88 Å². The number of anilines is 1. The van der Waals surface area contributed by atoms with Crippen molar-refractivity contribution < 1.29 is 23.8 Å². The molecule has 162 valence electrons. The van der Waals surface area contributed by atoms with Crippen molar-refractivity contribution >= 4 is 28.2 Å². The first-order valence-corrected chi connectivity index (χ1v) is 10.1. The summed E-state index contributed by atoms with van der Waals surface area (Å²) in [5.41, 5.74) is 0.706. The van der Waals surface area contributed by atoms with Gasteiger partial charge in [-0.25, -0.2) is 4.79 Å². The van der Waals surface area contributed by atoms with Gasteiger partial charge in [-0.15, -0.1) is 11.3 Å². The predicted octanol–water partition coefficient (Wildman–Crippen LogP) is 2.75. The van der Waals surface area contributed by atoms with Crippen molar-refractivity contribution in [1.82, 2.24) is 15.3 Å². The number of hydrogen-bond acceptors (Lipinski definition) is 9. The Labute approximate surface area is 179 Å². The molecule has 1 aliphatic heterocycles. The standard InChI is InChI=1S/C20H26N4O5S/c1-19(2)9-10-13(17(26)28-6)16(30-14(10)20(3,4)24-19)23-15(25)11-8-12(27-5)22-18(21-11)29-7/h8,24H,9H2,1-7H3,(H,23,25). The van der Waals surface area contributed by atoms with Crippen LogP contribution >= 0.6 is 11.3 Å². The molecule has 9 nitrogen and oxygen atoms in total. The molecule has 0 bridgehead atoms. The van der Waals surface area contributed by atoms with Gasteiger partial charge in [0.15, 0.2) is 0 Å². The lowest BCUT2D eigenvalue weighted by Crippen LogP contribution is -2.55. The Morgan fingerprint density at radius 3 is 2.43 bits per heavy atom. The van der Waals surface area contributed by atoms with Crippen LogP contribution in [0.1, 0.15) is 59.0 Å². The molecule has 1 amide bonds. The van der Waals surface area contributed by atoms with Crippen molar-refractivity contribution in [3.63, 3.8) is 0 Å². The zero-order chi connectivity index (χ0) is 22.3. The number of aromatic nitrogens is 2. The maximum absolute atomic E-state index is 12.9. The maximum atomic E-state index is 12.9. The summed E-state index contributed by atoms with van der Waals surface area (Å²) in [5.74, 6) is -0.810. The molecule has 0 atom stereocenters. The fourth-order valence-electron chi connectivity index (χ4n) is 3.82. The molecule has 3 rings (SSSR count). The fraction of sp³-hybridized carbons (Fsp3) is 0.500. The van der Waals surface area contributed by atoms with E-state index < -0.39 is 11.9 Å². The van der Waals surface area contributed by atoms with E-state index >= 15 is 0 Å². The molecule has 0 aliphatic carbocycles. The van der Waals surface area contributed by atoms with Crippen molar-refractivity contribution in [1.29, 1.82) is 0 Å². The Bertz CT molecular complexity index is 977. The third-order valence-electron chi connectivity index (χ3n) is 4.77. The van der Waals surface area contributed by atoms with E-state index in [1.165, 1.54) is 38.7 Å². The van der Waals surface area contributed by atoms with Gasteiger partial charge in [0.25, 0.3) is 5.91 Å². The lowest BCUT2D eigenvalue weighted by atomic mass is 9.81. The number of nitrogens with one attached hydrogen (secondary N) is 2. The quantitative estimate of drug-likeness (QED) is 0.691. The van der Waals surface area contributed by atoms with Gasteiger partial charge < -0.3 is 24.8 Å². The van der Waals surface area contributed by atoms with Crippen molar-refractivity contribution in [2.45, 2.75) is 45.2 Å². The van der Waals surface area contributed by atoms with Crippen molar-refractivity contribution in [2.75, 3.05) is 26.6 Å². The molecular weight excluding hydrogens is 408 g/mol. The molecule has 0 fully saturated rings. The number of thiophene rings is 1. The summed E-state index contributed by atoms with van der Waals surface area (Å²) in [5, 5.41) is 6.83. The van der Waals surface area contributed by atoms with Crippen LogP contribution in [0.15, 0.2) is 6.07 Å². The summed E-state index contributed by atoms with van der Waals surface area (Å²) in [6.45, 7) is 8.26. The number of methoxy groups -OCH3 is 3. The summed E-state index contributed by atoms with van der Waals surface area (Å²) < 4.78 is 15.2. The number of carbonyl (C=O) groups is 2. The molecule has 0 saturated carbocycles. The number of rotatable bonds is 5. The number of nitrogens with zero attached hydrogens (tertiary/aromatic N) is 2. The minimum atomic E-state index is -0.511. The van der Waals surface area contributed by atoms with Crippen molar-refractivity contribution in [3.05, 3.63) is 27.8 Å². The summed E-state index contributed by atoms with van der Waals surface area (Å²) in [7, 11) is 4.16. The Balaban J connectivity index is 2.06. The van der Waals surface area contributed by atoms with E-state index in [9.17, 15) is 9.59 Å². The van der Waals surface area contributed by atoms with Crippen LogP contribution in [0.2, 0.25) is 0 Å². The van der Waals surface area contributed by atoms with Gasteiger partial charge in [-0.05, 0) is 39.7 Å². The molecule has 0 aromatic carbocycles. The molecule has 10 heteroatoms. The molecule has 1 aliphatic rings. The van der Waals surface area contributed by atoms with Gasteiger partial charge in [0.05, 0.1) is 26.9 Å². The normalized spacial score (nSPS) is 16.4. The Morgan fingerprint density at radius 1 is 1.13 bits per heavy atom. The van der Waals surface area contributed by atoms with Crippen molar-refractivity contribution in [3.8, 4) is 11.9 Å². The zero-order valence-corrected chi connectivity index (χ0v) is 18.9. The van der Waals surface area contributed by atoms with E-state index in [4.69, 9.17) is 14.2 Å². The highest BCUT2D eigenvalue weighted by Crippen LogP contribution is 2.45. The van der Waals surface area contributed by atoms with E-state index in [0.717, 1.165) is 10.4 Å². The Kier molecular flexibility index (Phi) is 5.74. The third kappa shape index (κ3) is 4.10. The number of ether oxygens (including phenoxy) is 3. The molecule has 0 unspecified atom stereocenters. The topological polar surface area (TPSA) is 112 Å². The smallest absolute Gasteiger partial charge is 0.341 e. The minimum Gasteiger partial charge on any atom is -0.481 e. The highest BCUT2D eigenvalue weighted by atomic mass is 32.1. The van der Waals surface area contributed by atoms with Crippen LogP contribution < -0.4 is 20.1 Å². The first-order valence-electron chi connectivity index (χ1n) is 9.33. The highest BCUT2D eigenvalue weighted by molar-refractivity contribution is 7.17. The Hall–Kier alpha value is -2.72. The van der Waals surface area contributed by atoms with Gasteiger partial charge in [0, 0.05) is 22.0 Å². The summed E-state index contributed by atoms with van der Waals surface area (Å²) >= 11 is 1.36. The van der Waals surface area contributed by atoms with Crippen LogP contribution in [-0.2, 0) is 16.7 Å². The van der Waals surface area contributed by atoms with E-state index in [1.54, 1.807) is 0 Å². The SMILES string of the molecule is COC(=O)c1c(NC(=O)c2cc(OC)nc(OC)n2)sc2c1CC(C)(C)NC2(C)C. The molecular formula is C20H26N4O5S. The molecule has 2 N–H and O–H groups in total. The number of amides is 1. The third-order valence-corrected chi connectivity index (χ3v) is 6.24. The predicted molar refractivity (Wildman–Crippen MR) is 113 cm³/mol. The van der Waals surface area contributed by atoms with Gasteiger partial charge >= 0.3 is 12.0 Å². The lowest BCUT2D eigenvalue weighted by molar-refractivity contribution is 0.0600. The number of esters is 1. The highest BCUT2D eigenvalue weighted by Gasteiger charge is 2.42. The minimum absolute atomic E-state index is 0.00486. The van der Waals surface area contributed by atoms with Crippen LogP contribution in [-0.4, -0.2) is 48.7 Å². The molecule has 3 heterocycles. The summed E-state index contributed by atoms with van der Waals surface area (Å²) in [6.07, 6.45) is 0.623. The van der Waals surface area contributed by atoms with E-state index in [0.29, 0.717) is 17.0 Å². The van der Waals surface area contributed by atoms with Gasteiger partial charge in [0.1, 0.15) is 10.7 Å².